The molecule has 0 bridgehead atoms. The first kappa shape index (κ1) is 19.8. The molecule has 0 heterocycles. The minimum absolute atomic E-state index is 0.160. The van der Waals surface area contributed by atoms with E-state index < -0.39 is 15.6 Å². The SMILES string of the molecule is C=C(C)C(=O)Nc1cc(C[PH](=O)OC)cc(CP(=O)(O)OC)c1. The summed E-state index contributed by atoms with van der Waals surface area (Å²) in [6.07, 6.45) is -0.0607. The van der Waals surface area contributed by atoms with E-state index in [1.54, 1.807) is 25.1 Å². The Kier molecular flexibility index (Phi) is 7.39. The summed E-state index contributed by atoms with van der Waals surface area (Å²) in [6, 6.07) is 4.84. The third-order valence-corrected chi connectivity index (χ3v) is 5.43. The van der Waals surface area contributed by atoms with Gasteiger partial charge >= 0.3 is 7.60 Å². The predicted molar refractivity (Wildman–Crippen MR) is 90.1 cm³/mol. The number of amides is 1. The second kappa shape index (κ2) is 8.57. The van der Waals surface area contributed by atoms with Crippen LogP contribution in [0.1, 0.15) is 18.1 Å². The van der Waals surface area contributed by atoms with E-state index in [1.165, 1.54) is 7.11 Å². The molecule has 0 aliphatic carbocycles. The van der Waals surface area contributed by atoms with Crippen LogP contribution in [0.3, 0.4) is 0 Å². The Hall–Kier alpha value is -1.23. The number of carbonyl (C=O) groups is 1. The standard InChI is InChI=1S/C14H21NO6P2/c1-10(2)14(16)15-13-6-11(8-22(17)20-3)5-12(7-13)9-23(18,19)21-4/h5-7,22H,1,8-9H2,2-4H3,(H,15,16)(H,18,19). The van der Waals surface area contributed by atoms with Gasteiger partial charge in [-0.05, 0) is 30.2 Å². The molecule has 9 heteroatoms. The van der Waals surface area contributed by atoms with Gasteiger partial charge in [-0.2, -0.15) is 0 Å². The van der Waals surface area contributed by atoms with Gasteiger partial charge in [0, 0.05) is 31.6 Å². The number of hydrogen-bond acceptors (Lipinski definition) is 5. The molecule has 0 aliphatic heterocycles. The first-order valence-electron chi connectivity index (χ1n) is 6.71. The third kappa shape index (κ3) is 6.81. The topological polar surface area (TPSA) is 102 Å². The van der Waals surface area contributed by atoms with Crippen molar-refractivity contribution in [3.8, 4) is 0 Å². The average Bonchev–Trinajstić information content (AvgIpc) is 2.46. The molecule has 7 nitrogen and oxygen atoms in total. The number of benzene rings is 1. The van der Waals surface area contributed by atoms with E-state index in [2.05, 4.69) is 16.4 Å². The van der Waals surface area contributed by atoms with Gasteiger partial charge in [0.05, 0.1) is 6.16 Å². The van der Waals surface area contributed by atoms with Crippen molar-refractivity contribution in [3.63, 3.8) is 0 Å². The van der Waals surface area contributed by atoms with E-state index in [0.717, 1.165) is 7.11 Å². The van der Waals surface area contributed by atoms with Crippen molar-refractivity contribution in [1.82, 2.24) is 0 Å². The first-order valence-corrected chi connectivity index (χ1v) is 9.99. The van der Waals surface area contributed by atoms with Gasteiger partial charge in [0.2, 0.25) is 0 Å². The smallest absolute Gasteiger partial charge is 0.332 e. The van der Waals surface area contributed by atoms with Crippen molar-refractivity contribution in [2.45, 2.75) is 19.2 Å². The van der Waals surface area contributed by atoms with Crippen LogP contribution in [0.2, 0.25) is 0 Å². The summed E-state index contributed by atoms with van der Waals surface area (Å²) in [7, 11) is -3.51. The van der Waals surface area contributed by atoms with Crippen LogP contribution in [0.25, 0.3) is 0 Å². The fraction of sp³-hybridized carbons (Fsp3) is 0.357. The van der Waals surface area contributed by atoms with Crippen LogP contribution in [-0.2, 0) is 35.3 Å². The van der Waals surface area contributed by atoms with Crippen molar-refractivity contribution in [1.29, 1.82) is 0 Å². The zero-order valence-electron chi connectivity index (χ0n) is 13.3. The zero-order valence-corrected chi connectivity index (χ0v) is 15.2. The first-order chi connectivity index (χ1) is 10.7. The molecule has 2 N–H and O–H groups in total. The lowest BCUT2D eigenvalue weighted by molar-refractivity contribution is -0.112. The lowest BCUT2D eigenvalue weighted by atomic mass is 10.1. The van der Waals surface area contributed by atoms with E-state index in [9.17, 15) is 18.8 Å². The summed E-state index contributed by atoms with van der Waals surface area (Å²) in [5, 5.41) is 2.64. The van der Waals surface area contributed by atoms with Gasteiger partial charge < -0.3 is 19.3 Å². The summed E-state index contributed by atoms with van der Waals surface area (Å²) in [5.41, 5.74) is 1.86. The predicted octanol–water partition coefficient (Wildman–Crippen LogP) is 3.15. The Morgan fingerprint density at radius 2 is 1.96 bits per heavy atom. The van der Waals surface area contributed by atoms with Crippen molar-refractivity contribution in [2.24, 2.45) is 0 Å². The number of nitrogens with one attached hydrogen (secondary N) is 1. The monoisotopic (exact) mass is 361 g/mol. The molecule has 0 saturated carbocycles. The highest BCUT2D eigenvalue weighted by Gasteiger charge is 2.19. The maximum atomic E-state index is 11.7. The van der Waals surface area contributed by atoms with E-state index in [0.29, 0.717) is 22.4 Å². The molecule has 0 aliphatic rings. The molecule has 2 unspecified atom stereocenters. The number of anilines is 1. The summed E-state index contributed by atoms with van der Waals surface area (Å²) in [4.78, 5) is 21.3. The zero-order chi connectivity index (χ0) is 17.6. The molecule has 1 aromatic rings. The molecule has 0 saturated heterocycles. The van der Waals surface area contributed by atoms with Crippen LogP contribution in [0.4, 0.5) is 5.69 Å². The molecule has 0 radical (unpaired) electrons. The largest absolute Gasteiger partial charge is 0.334 e. The van der Waals surface area contributed by atoms with Gasteiger partial charge in [-0.1, -0.05) is 12.6 Å². The third-order valence-electron chi connectivity index (χ3n) is 2.94. The van der Waals surface area contributed by atoms with E-state index in [1.807, 2.05) is 0 Å². The maximum Gasteiger partial charge on any atom is 0.332 e. The molecule has 23 heavy (non-hydrogen) atoms. The van der Waals surface area contributed by atoms with E-state index in [-0.39, 0.29) is 18.2 Å². The van der Waals surface area contributed by atoms with Crippen molar-refractivity contribution >= 4 is 27.2 Å². The molecule has 0 fully saturated rings. The van der Waals surface area contributed by atoms with Gasteiger partial charge in [-0.15, -0.1) is 0 Å². The number of hydrogen-bond donors (Lipinski definition) is 2. The van der Waals surface area contributed by atoms with Crippen molar-refractivity contribution in [2.75, 3.05) is 19.5 Å². The van der Waals surface area contributed by atoms with Crippen LogP contribution < -0.4 is 5.32 Å². The Labute approximate surface area is 136 Å². The van der Waals surface area contributed by atoms with Crippen LogP contribution in [0.15, 0.2) is 30.4 Å². The van der Waals surface area contributed by atoms with Gasteiger partial charge in [-0.25, -0.2) is 0 Å². The molecule has 1 rings (SSSR count). The molecule has 1 aromatic carbocycles. The Morgan fingerprint density at radius 3 is 2.48 bits per heavy atom. The molecular formula is C14H21NO6P2. The molecule has 0 aromatic heterocycles. The fourth-order valence-corrected chi connectivity index (χ4v) is 3.25. The molecule has 1 amide bonds. The van der Waals surface area contributed by atoms with Crippen molar-refractivity contribution in [3.05, 3.63) is 41.5 Å². The molecule has 0 spiro atoms. The lowest BCUT2D eigenvalue weighted by Gasteiger charge is -2.13. The molecule has 128 valence electrons. The quantitative estimate of drug-likeness (QED) is 0.545. The van der Waals surface area contributed by atoms with Crippen LogP contribution in [-0.4, -0.2) is 25.0 Å². The minimum Gasteiger partial charge on any atom is -0.334 e. The van der Waals surface area contributed by atoms with Crippen LogP contribution in [0, 0.1) is 0 Å². The van der Waals surface area contributed by atoms with Gasteiger partial charge in [0.1, 0.15) is 0 Å². The van der Waals surface area contributed by atoms with Gasteiger partial charge in [0.15, 0.2) is 8.03 Å². The van der Waals surface area contributed by atoms with Crippen molar-refractivity contribution < 1.29 is 27.9 Å². The number of carbonyl (C=O) groups excluding carboxylic acids is 1. The second-order valence-corrected chi connectivity index (χ2v) is 8.47. The summed E-state index contributed by atoms with van der Waals surface area (Å²) >= 11 is 0. The van der Waals surface area contributed by atoms with Gasteiger partial charge in [-0.3, -0.25) is 13.9 Å². The highest BCUT2D eigenvalue weighted by atomic mass is 31.2. The number of rotatable bonds is 8. The minimum atomic E-state index is -3.76. The normalized spacial score (nSPS) is 14.8. The fourth-order valence-electron chi connectivity index (χ4n) is 1.80. The lowest BCUT2D eigenvalue weighted by Crippen LogP contribution is -2.12. The van der Waals surface area contributed by atoms with E-state index >= 15 is 0 Å². The van der Waals surface area contributed by atoms with E-state index in [4.69, 9.17) is 4.52 Å². The molecule has 2 atom stereocenters. The summed E-state index contributed by atoms with van der Waals surface area (Å²) < 4.78 is 32.7. The maximum absolute atomic E-state index is 11.7. The Morgan fingerprint density at radius 1 is 1.35 bits per heavy atom. The van der Waals surface area contributed by atoms with Crippen LogP contribution >= 0.6 is 15.6 Å². The molecular weight excluding hydrogens is 340 g/mol. The van der Waals surface area contributed by atoms with Gasteiger partial charge in [0.25, 0.3) is 5.91 Å². The highest BCUT2D eigenvalue weighted by molar-refractivity contribution is 7.51. The average molecular weight is 361 g/mol. The summed E-state index contributed by atoms with van der Waals surface area (Å²) in [5.74, 6) is -0.369. The summed E-state index contributed by atoms with van der Waals surface area (Å²) in [6.45, 7) is 5.11. The second-order valence-electron chi connectivity index (χ2n) is 5.00. The Balaban J connectivity index is 3.15. The highest BCUT2D eigenvalue weighted by Crippen LogP contribution is 2.45. The van der Waals surface area contributed by atoms with Crippen LogP contribution in [0.5, 0.6) is 0 Å². The Bertz CT molecular complexity index is 673.